The van der Waals surface area contributed by atoms with Gasteiger partial charge in [-0.1, -0.05) is 36.4 Å². The third-order valence-corrected chi connectivity index (χ3v) is 2.48. The molecule has 0 spiro atoms. The molecule has 1 aromatic carbocycles. The summed E-state index contributed by atoms with van der Waals surface area (Å²) in [6.45, 7) is 4.32. The summed E-state index contributed by atoms with van der Waals surface area (Å²) in [5, 5.41) is 15.0. The molecule has 0 heterocycles. The summed E-state index contributed by atoms with van der Waals surface area (Å²) in [4.78, 5) is 11.6. The number of carbonyl (C=O) groups excluding carboxylic acids is 1. The zero-order valence-electron chi connectivity index (χ0n) is 10.4. The molecule has 0 saturated carbocycles. The molecule has 3 N–H and O–H groups in total. The minimum Gasteiger partial charge on any atom is -0.394 e. The Balaban J connectivity index is 2.37. The first-order chi connectivity index (χ1) is 8.76. The lowest BCUT2D eigenvalue weighted by atomic mass is 10.1. The van der Waals surface area contributed by atoms with Crippen LogP contribution in [0.1, 0.15) is 5.56 Å². The average molecular weight is 248 g/mol. The van der Waals surface area contributed by atoms with Gasteiger partial charge in [-0.3, -0.25) is 4.79 Å². The van der Waals surface area contributed by atoms with E-state index in [9.17, 15) is 9.90 Å². The molecule has 4 nitrogen and oxygen atoms in total. The van der Waals surface area contributed by atoms with Crippen molar-refractivity contribution in [2.75, 3.05) is 19.7 Å². The molecule has 18 heavy (non-hydrogen) atoms. The van der Waals surface area contributed by atoms with E-state index in [-0.39, 0.29) is 25.1 Å². The lowest BCUT2D eigenvalue weighted by Gasteiger charge is -2.16. The summed E-state index contributed by atoms with van der Waals surface area (Å²) >= 11 is 0. The number of rotatable bonds is 8. The maximum Gasteiger partial charge on any atom is 0.234 e. The van der Waals surface area contributed by atoms with Crippen LogP contribution in [0.25, 0.3) is 0 Å². The van der Waals surface area contributed by atoms with Crippen molar-refractivity contribution in [1.82, 2.24) is 10.6 Å². The van der Waals surface area contributed by atoms with E-state index in [0.717, 1.165) is 5.56 Å². The van der Waals surface area contributed by atoms with Crippen molar-refractivity contribution in [2.45, 2.75) is 12.5 Å². The molecule has 0 unspecified atom stereocenters. The normalized spacial score (nSPS) is 11.8. The molecule has 1 atom stereocenters. The first kappa shape index (κ1) is 14.4. The molecule has 1 amide bonds. The van der Waals surface area contributed by atoms with Gasteiger partial charge in [0.05, 0.1) is 19.2 Å². The van der Waals surface area contributed by atoms with Gasteiger partial charge in [0.15, 0.2) is 0 Å². The smallest absolute Gasteiger partial charge is 0.234 e. The number of hydrogen-bond acceptors (Lipinski definition) is 3. The van der Waals surface area contributed by atoms with Crippen molar-refractivity contribution in [3.8, 4) is 0 Å². The lowest BCUT2D eigenvalue weighted by molar-refractivity contribution is -0.121. The van der Waals surface area contributed by atoms with Crippen LogP contribution in [0.5, 0.6) is 0 Å². The van der Waals surface area contributed by atoms with Gasteiger partial charge in [-0.25, -0.2) is 0 Å². The van der Waals surface area contributed by atoms with Crippen molar-refractivity contribution >= 4 is 5.91 Å². The summed E-state index contributed by atoms with van der Waals surface area (Å²) in [5.74, 6) is -0.119. The fourth-order valence-corrected chi connectivity index (χ4v) is 1.63. The van der Waals surface area contributed by atoms with Gasteiger partial charge < -0.3 is 15.7 Å². The molecule has 0 aliphatic carbocycles. The maximum atomic E-state index is 11.6. The highest BCUT2D eigenvalue weighted by atomic mass is 16.3. The van der Waals surface area contributed by atoms with Crippen molar-refractivity contribution in [2.24, 2.45) is 0 Å². The van der Waals surface area contributed by atoms with Crippen molar-refractivity contribution < 1.29 is 9.90 Å². The first-order valence-electron chi connectivity index (χ1n) is 6.02. The molecular formula is C14H20N2O2. The molecular weight excluding hydrogens is 228 g/mol. The van der Waals surface area contributed by atoms with E-state index in [0.29, 0.717) is 13.0 Å². The molecule has 98 valence electrons. The Hall–Kier alpha value is -1.65. The van der Waals surface area contributed by atoms with E-state index in [2.05, 4.69) is 17.2 Å². The fourth-order valence-electron chi connectivity index (χ4n) is 1.63. The number of nitrogens with one attached hydrogen (secondary N) is 2. The van der Waals surface area contributed by atoms with Crippen LogP contribution >= 0.6 is 0 Å². The highest BCUT2D eigenvalue weighted by Gasteiger charge is 2.11. The highest BCUT2D eigenvalue weighted by molar-refractivity contribution is 5.78. The molecule has 0 saturated heterocycles. The largest absolute Gasteiger partial charge is 0.394 e. The zero-order chi connectivity index (χ0) is 13.2. The topological polar surface area (TPSA) is 61.4 Å². The Morgan fingerprint density at radius 2 is 2.11 bits per heavy atom. The van der Waals surface area contributed by atoms with E-state index < -0.39 is 0 Å². The Kier molecular flexibility index (Phi) is 6.76. The lowest BCUT2D eigenvalue weighted by Crippen LogP contribution is -2.43. The Bertz CT molecular complexity index is 365. The minimum atomic E-state index is -0.245. The van der Waals surface area contributed by atoms with Crippen LogP contribution in [-0.2, 0) is 11.2 Å². The van der Waals surface area contributed by atoms with Crippen LogP contribution < -0.4 is 10.6 Å². The quantitative estimate of drug-likeness (QED) is 0.463. The third kappa shape index (κ3) is 5.61. The van der Waals surface area contributed by atoms with E-state index in [4.69, 9.17) is 0 Å². The Morgan fingerprint density at radius 3 is 2.72 bits per heavy atom. The summed E-state index contributed by atoms with van der Waals surface area (Å²) in [6.07, 6.45) is 2.32. The summed E-state index contributed by atoms with van der Waals surface area (Å²) in [6, 6.07) is 9.53. The zero-order valence-corrected chi connectivity index (χ0v) is 10.4. The number of aliphatic hydroxyl groups is 1. The molecule has 0 aliphatic heterocycles. The van der Waals surface area contributed by atoms with E-state index >= 15 is 0 Å². The number of carbonyl (C=O) groups is 1. The molecule has 4 heteroatoms. The molecule has 0 aromatic heterocycles. The number of hydrogen-bond donors (Lipinski definition) is 3. The maximum absolute atomic E-state index is 11.6. The van der Waals surface area contributed by atoms with Crippen LogP contribution in [-0.4, -0.2) is 36.8 Å². The fraction of sp³-hybridized carbons (Fsp3) is 0.357. The summed E-state index contributed by atoms with van der Waals surface area (Å²) < 4.78 is 0. The molecule has 0 aliphatic rings. The monoisotopic (exact) mass is 248 g/mol. The minimum absolute atomic E-state index is 0.0674. The summed E-state index contributed by atoms with van der Waals surface area (Å²) in [7, 11) is 0. The average Bonchev–Trinajstić information content (AvgIpc) is 2.39. The van der Waals surface area contributed by atoms with Gasteiger partial charge >= 0.3 is 0 Å². The number of benzene rings is 1. The second-order valence-electron chi connectivity index (χ2n) is 4.06. The van der Waals surface area contributed by atoms with Gasteiger partial charge in [0, 0.05) is 6.54 Å². The molecule has 1 rings (SSSR count). The van der Waals surface area contributed by atoms with Crippen molar-refractivity contribution in [3.05, 3.63) is 48.6 Å². The van der Waals surface area contributed by atoms with E-state index in [1.165, 1.54) is 0 Å². The molecule has 0 fully saturated rings. The van der Waals surface area contributed by atoms with Crippen molar-refractivity contribution in [1.29, 1.82) is 0 Å². The molecule has 1 aromatic rings. The van der Waals surface area contributed by atoms with Crippen LogP contribution in [0.3, 0.4) is 0 Å². The summed E-state index contributed by atoms with van der Waals surface area (Å²) in [5.41, 5.74) is 1.09. The molecule has 0 bridgehead atoms. The van der Waals surface area contributed by atoms with Gasteiger partial charge in [0.2, 0.25) is 5.91 Å². The van der Waals surface area contributed by atoms with Crippen molar-refractivity contribution in [3.63, 3.8) is 0 Å². The number of amides is 1. The first-order valence-corrected chi connectivity index (χ1v) is 6.02. The Labute approximate surface area is 108 Å². The SMILES string of the molecule is C=CCNCC(=O)N[C@H](CO)Cc1ccccc1. The molecule has 0 radical (unpaired) electrons. The van der Waals surface area contributed by atoms with Crippen LogP contribution in [0, 0.1) is 0 Å². The van der Waals surface area contributed by atoms with Gasteiger partial charge in [-0.2, -0.15) is 0 Å². The van der Waals surface area contributed by atoms with E-state index in [1.54, 1.807) is 6.08 Å². The Morgan fingerprint density at radius 1 is 1.39 bits per heavy atom. The van der Waals surface area contributed by atoms with Gasteiger partial charge in [0.1, 0.15) is 0 Å². The second kappa shape index (κ2) is 8.44. The van der Waals surface area contributed by atoms with Crippen LogP contribution in [0.15, 0.2) is 43.0 Å². The van der Waals surface area contributed by atoms with Crippen LogP contribution in [0.2, 0.25) is 0 Å². The highest BCUT2D eigenvalue weighted by Crippen LogP contribution is 2.02. The second-order valence-corrected chi connectivity index (χ2v) is 4.06. The number of aliphatic hydroxyl groups excluding tert-OH is 1. The van der Waals surface area contributed by atoms with Gasteiger partial charge in [-0.15, -0.1) is 6.58 Å². The predicted octanol–water partition coefficient (Wildman–Crippen LogP) is 0.482. The van der Waals surface area contributed by atoms with Crippen LogP contribution in [0.4, 0.5) is 0 Å². The third-order valence-electron chi connectivity index (χ3n) is 2.48. The van der Waals surface area contributed by atoms with Gasteiger partial charge in [-0.05, 0) is 12.0 Å². The standard InChI is InChI=1S/C14H20N2O2/c1-2-8-15-10-14(18)16-13(11-17)9-12-6-4-3-5-7-12/h2-7,13,15,17H,1,8-11H2,(H,16,18)/t13-/m0/s1. The van der Waals surface area contributed by atoms with Gasteiger partial charge in [0.25, 0.3) is 0 Å². The van der Waals surface area contributed by atoms with E-state index in [1.807, 2.05) is 30.3 Å². The predicted molar refractivity (Wildman–Crippen MR) is 72.2 cm³/mol.